The van der Waals surface area contributed by atoms with Gasteiger partial charge in [0, 0.05) is 26.7 Å². The number of allylic oxidation sites excluding steroid dienone is 1. The molecule has 0 bridgehead atoms. The lowest BCUT2D eigenvalue weighted by Gasteiger charge is -2.10. The minimum absolute atomic E-state index is 0.804. The molecule has 0 aromatic heterocycles. The van der Waals surface area contributed by atoms with Crippen molar-refractivity contribution < 1.29 is 0 Å². The van der Waals surface area contributed by atoms with Gasteiger partial charge in [0.05, 0.1) is 0 Å². The lowest BCUT2D eigenvalue weighted by molar-refractivity contribution is 0.564. The van der Waals surface area contributed by atoms with Crippen molar-refractivity contribution in [1.82, 2.24) is 4.90 Å². The molecule has 1 rings (SSSR count). The Morgan fingerprint density at radius 3 is 2.47 bits per heavy atom. The molecular formula is C14H17N. The summed E-state index contributed by atoms with van der Waals surface area (Å²) in [5.41, 5.74) is 2.50. The minimum atomic E-state index is 0.804. The van der Waals surface area contributed by atoms with Gasteiger partial charge < -0.3 is 4.90 Å². The third-order valence-electron chi connectivity index (χ3n) is 2.01. The molecule has 1 nitrogen and oxygen atoms in total. The Balaban J connectivity index is 2.95. The van der Waals surface area contributed by atoms with Gasteiger partial charge in [-0.05, 0) is 18.1 Å². The van der Waals surface area contributed by atoms with Crippen molar-refractivity contribution in [3.05, 3.63) is 42.1 Å². The van der Waals surface area contributed by atoms with E-state index in [4.69, 9.17) is 0 Å². The molecule has 0 atom stereocenters. The zero-order valence-corrected chi connectivity index (χ0v) is 9.62. The molecule has 0 radical (unpaired) electrons. The van der Waals surface area contributed by atoms with Crippen molar-refractivity contribution in [2.24, 2.45) is 0 Å². The smallest absolute Gasteiger partial charge is 0.0360 e. The zero-order chi connectivity index (χ0) is 11.1. The van der Waals surface area contributed by atoms with Crippen LogP contribution in [0.1, 0.15) is 18.9 Å². The van der Waals surface area contributed by atoms with Gasteiger partial charge in [-0.3, -0.25) is 0 Å². The molecule has 0 aliphatic heterocycles. The highest BCUT2D eigenvalue weighted by molar-refractivity contribution is 5.67. The van der Waals surface area contributed by atoms with E-state index in [1.807, 2.05) is 27.1 Å². The summed E-state index contributed by atoms with van der Waals surface area (Å²) in [5.74, 6) is 6.04. The van der Waals surface area contributed by atoms with E-state index < -0.39 is 0 Å². The van der Waals surface area contributed by atoms with Crippen molar-refractivity contribution in [2.45, 2.75) is 13.3 Å². The van der Waals surface area contributed by atoms with Crippen molar-refractivity contribution in [3.8, 4) is 11.8 Å². The molecule has 0 spiro atoms. The highest BCUT2D eigenvalue weighted by Gasteiger charge is 1.99. The van der Waals surface area contributed by atoms with Gasteiger partial charge >= 0.3 is 0 Å². The first-order valence-corrected chi connectivity index (χ1v) is 5.06. The number of nitrogens with zero attached hydrogens (tertiary/aromatic N) is 1. The second-order valence-electron chi connectivity index (χ2n) is 3.59. The summed E-state index contributed by atoms with van der Waals surface area (Å²) in [6.07, 6.45) is 2.93. The van der Waals surface area contributed by atoms with Crippen LogP contribution >= 0.6 is 0 Å². The van der Waals surface area contributed by atoms with Crippen LogP contribution in [0.3, 0.4) is 0 Å². The molecule has 0 aliphatic carbocycles. The van der Waals surface area contributed by atoms with Gasteiger partial charge in [0.2, 0.25) is 0 Å². The number of hydrogen-bond donors (Lipinski definition) is 0. The lowest BCUT2D eigenvalue weighted by Crippen LogP contribution is -2.02. The largest absolute Gasteiger partial charge is 0.383 e. The maximum absolute atomic E-state index is 3.11. The van der Waals surface area contributed by atoms with Crippen LogP contribution in [0.15, 0.2) is 36.5 Å². The van der Waals surface area contributed by atoms with E-state index in [2.05, 4.69) is 47.2 Å². The summed E-state index contributed by atoms with van der Waals surface area (Å²) < 4.78 is 0. The van der Waals surface area contributed by atoms with Crippen LogP contribution in [0, 0.1) is 11.8 Å². The number of hydrogen-bond acceptors (Lipinski definition) is 1. The molecule has 1 aromatic carbocycles. The predicted molar refractivity (Wildman–Crippen MR) is 66.2 cm³/mol. The van der Waals surface area contributed by atoms with Gasteiger partial charge in [0.1, 0.15) is 0 Å². The molecule has 78 valence electrons. The summed E-state index contributed by atoms with van der Waals surface area (Å²) in [6, 6.07) is 10.4. The van der Waals surface area contributed by atoms with E-state index in [-0.39, 0.29) is 0 Å². The number of benzene rings is 1. The fourth-order valence-electron chi connectivity index (χ4n) is 1.37. The van der Waals surface area contributed by atoms with E-state index in [0.717, 1.165) is 6.42 Å². The maximum Gasteiger partial charge on any atom is 0.0360 e. The van der Waals surface area contributed by atoms with E-state index in [1.54, 1.807) is 0 Å². The quantitative estimate of drug-likeness (QED) is 0.676. The third kappa shape index (κ3) is 3.91. The van der Waals surface area contributed by atoms with Gasteiger partial charge in [-0.2, -0.15) is 0 Å². The molecule has 0 amide bonds. The first kappa shape index (κ1) is 11.4. The summed E-state index contributed by atoms with van der Waals surface area (Å²) in [5, 5.41) is 0. The van der Waals surface area contributed by atoms with Crippen molar-refractivity contribution in [2.75, 3.05) is 14.1 Å². The monoisotopic (exact) mass is 199 g/mol. The van der Waals surface area contributed by atoms with Gasteiger partial charge in [0.15, 0.2) is 0 Å². The average Bonchev–Trinajstić information content (AvgIpc) is 2.25. The molecule has 0 fully saturated rings. The van der Waals surface area contributed by atoms with Crippen LogP contribution in [0.5, 0.6) is 0 Å². The summed E-state index contributed by atoms with van der Waals surface area (Å²) in [4.78, 5) is 2.06. The van der Waals surface area contributed by atoms with Crippen molar-refractivity contribution in [3.63, 3.8) is 0 Å². The molecule has 0 N–H and O–H groups in total. The van der Waals surface area contributed by atoms with Gasteiger partial charge in [-0.1, -0.05) is 36.3 Å². The first-order valence-electron chi connectivity index (χ1n) is 5.06. The van der Waals surface area contributed by atoms with Crippen LogP contribution < -0.4 is 0 Å². The zero-order valence-electron chi connectivity index (χ0n) is 9.62. The first-order chi connectivity index (χ1) is 7.24. The SMILES string of the molecule is CC#CC/C(=C\N(C)C)c1ccccc1. The van der Waals surface area contributed by atoms with Crippen molar-refractivity contribution >= 4 is 5.57 Å². The Bertz CT molecular complexity index is 377. The van der Waals surface area contributed by atoms with Crippen LogP contribution in [0.4, 0.5) is 0 Å². The molecule has 1 aromatic rings. The topological polar surface area (TPSA) is 3.24 Å². The van der Waals surface area contributed by atoms with E-state index >= 15 is 0 Å². The molecule has 15 heavy (non-hydrogen) atoms. The summed E-state index contributed by atoms with van der Waals surface area (Å²) in [7, 11) is 4.06. The molecule has 0 heterocycles. The number of rotatable bonds is 3. The van der Waals surface area contributed by atoms with Crippen molar-refractivity contribution in [1.29, 1.82) is 0 Å². The Labute approximate surface area is 92.4 Å². The highest BCUT2D eigenvalue weighted by atomic mass is 15.0. The van der Waals surface area contributed by atoms with E-state index in [9.17, 15) is 0 Å². The Morgan fingerprint density at radius 2 is 1.93 bits per heavy atom. The van der Waals surface area contributed by atoms with E-state index in [0.29, 0.717) is 0 Å². The van der Waals surface area contributed by atoms with Gasteiger partial charge in [-0.15, -0.1) is 5.92 Å². The maximum atomic E-state index is 3.11. The fourth-order valence-corrected chi connectivity index (χ4v) is 1.37. The molecule has 0 saturated heterocycles. The standard InChI is InChI=1S/C14H17N/c1-4-5-9-14(12-15(2)3)13-10-7-6-8-11-13/h6-8,10-12H,9H2,1-3H3/b14-12+. The van der Waals surface area contributed by atoms with Crippen LogP contribution in [0.25, 0.3) is 5.57 Å². The molecule has 0 unspecified atom stereocenters. The summed E-state index contributed by atoms with van der Waals surface area (Å²) in [6.45, 7) is 1.87. The van der Waals surface area contributed by atoms with E-state index in [1.165, 1.54) is 11.1 Å². The Morgan fingerprint density at radius 1 is 1.27 bits per heavy atom. The second kappa shape index (κ2) is 5.93. The Kier molecular flexibility index (Phi) is 4.50. The van der Waals surface area contributed by atoms with Gasteiger partial charge in [0.25, 0.3) is 0 Å². The van der Waals surface area contributed by atoms with Crippen LogP contribution in [-0.2, 0) is 0 Å². The van der Waals surface area contributed by atoms with Gasteiger partial charge in [-0.25, -0.2) is 0 Å². The van der Waals surface area contributed by atoms with Crippen LogP contribution in [0.2, 0.25) is 0 Å². The third-order valence-corrected chi connectivity index (χ3v) is 2.01. The molecule has 0 saturated carbocycles. The summed E-state index contributed by atoms with van der Waals surface area (Å²) >= 11 is 0. The second-order valence-corrected chi connectivity index (χ2v) is 3.59. The molecule has 0 aliphatic rings. The molecular weight excluding hydrogens is 182 g/mol. The van der Waals surface area contributed by atoms with Crippen LogP contribution in [-0.4, -0.2) is 19.0 Å². The lowest BCUT2D eigenvalue weighted by atomic mass is 10.0. The predicted octanol–water partition coefficient (Wildman–Crippen LogP) is 3.00. The average molecular weight is 199 g/mol. The minimum Gasteiger partial charge on any atom is -0.383 e. The fraction of sp³-hybridized carbons (Fsp3) is 0.286. The highest BCUT2D eigenvalue weighted by Crippen LogP contribution is 2.17. The molecule has 1 heteroatoms. The normalized spacial score (nSPS) is 10.5. The Hall–Kier alpha value is -1.68.